The van der Waals surface area contributed by atoms with E-state index in [-0.39, 0.29) is 83.2 Å². The minimum absolute atomic E-state index is 0.00177. The van der Waals surface area contributed by atoms with E-state index in [2.05, 4.69) is 26.4 Å². The summed E-state index contributed by atoms with van der Waals surface area (Å²) >= 11 is 6.34. The van der Waals surface area contributed by atoms with Crippen molar-refractivity contribution in [2.24, 2.45) is 0 Å². The maximum absolute atomic E-state index is 16.7. The van der Waals surface area contributed by atoms with Crippen molar-refractivity contribution >= 4 is 45.0 Å². The van der Waals surface area contributed by atoms with Crippen molar-refractivity contribution in [2.45, 2.75) is 44.3 Å². The van der Waals surface area contributed by atoms with Gasteiger partial charge >= 0.3 is 6.01 Å². The smallest absolute Gasteiger partial charge is 0.319 e. The highest BCUT2D eigenvalue weighted by molar-refractivity contribution is 6.36. The molecule has 256 valence electrons. The van der Waals surface area contributed by atoms with E-state index in [9.17, 15) is 22.4 Å². The molecule has 0 N–H and O–H groups in total. The largest absolute Gasteiger partial charge is 0.462 e. The lowest BCUT2D eigenvalue weighted by Crippen LogP contribution is -2.56. The van der Waals surface area contributed by atoms with Crippen LogP contribution in [0, 0.1) is 18.2 Å². The van der Waals surface area contributed by atoms with Crippen molar-refractivity contribution in [3.63, 3.8) is 0 Å². The number of anilines is 1. The number of rotatable bonds is 8. The first kappa shape index (κ1) is 34.3. The molecule has 0 aliphatic carbocycles. The molecule has 0 spiro atoms. The molecular formula is C34H31ClF5N7O2. The first-order valence-corrected chi connectivity index (χ1v) is 15.9. The summed E-state index contributed by atoms with van der Waals surface area (Å²) < 4.78 is 79.8. The van der Waals surface area contributed by atoms with Crippen molar-refractivity contribution in [2.75, 3.05) is 44.2 Å². The molecule has 15 heteroatoms. The molecule has 6 rings (SSSR count). The number of pyridine rings is 1. The van der Waals surface area contributed by atoms with E-state index >= 15 is 4.39 Å². The van der Waals surface area contributed by atoms with Gasteiger partial charge in [0, 0.05) is 49.2 Å². The Morgan fingerprint density at radius 1 is 1.18 bits per heavy atom. The summed E-state index contributed by atoms with van der Waals surface area (Å²) in [6.07, 6.45) is 0.905. The number of fused-ring (bicyclic) bond motifs is 2. The number of aromatic nitrogens is 3. The van der Waals surface area contributed by atoms with Crippen LogP contribution in [-0.4, -0.2) is 94.0 Å². The van der Waals surface area contributed by atoms with Crippen molar-refractivity contribution in [3.05, 3.63) is 77.0 Å². The number of amides is 1. The van der Waals surface area contributed by atoms with E-state index in [0.29, 0.717) is 5.39 Å². The summed E-state index contributed by atoms with van der Waals surface area (Å²) in [6, 6.07) is 5.70. The molecule has 2 atom stereocenters. The summed E-state index contributed by atoms with van der Waals surface area (Å²) in [6.45, 7) is 13.4. The molecule has 0 radical (unpaired) electrons. The lowest BCUT2D eigenvalue weighted by molar-refractivity contribution is -0.131. The lowest BCUT2D eigenvalue weighted by Gasteiger charge is -2.39. The molecule has 0 saturated carbocycles. The van der Waals surface area contributed by atoms with Gasteiger partial charge in [-0.1, -0.05) is 42.4 Å². The van der Waals surface area contributed by atoms with E-state index in [4.69, 9.17) is 22.9 Å². The first-order valence-electron chi connectivity index (χ1n) is 15.5. The maximum Gasteiger partial charge on any atom is 0.319 e. The predicted molar refractivity (Wildman–Crippen MR) is 175 cm³/mol. The molecule has 2 aliphatic rings. The van der Waals surface area contributed by atoms with Crippen molar-refractivity contribution in [1.29, 1.82) is 0 Å². The molecule has 9 nitrogen and oxygen atoms in total. The van der Waals surface area contributed by atoms with Crippen LogP contribution in [0.1, 0.15) is 20.3 Å². The SMILES string of the molecule is [C-]#[N+]C[C@H]1CN(c2nc(OC[C@@H]3CC(F)(F)CN3C(C)C)nc3c(F)c(-c4cccc5ccc(F)c(Cl)c45)ncc23)CCN1C(=O)C(=C)F. The van der Waals surface area contributed by atoms with E-state index in [0.717, 1.165) is 0 Å². The van der Waals surface area contributed by atoms with Gasteiger partial charge in [0.25, 0.3) is 11.8 Å². The zero-order valence-electron chi connectivity index (χ0n) is 26.6. The zero-order valence-corrected chi connectivity index (χ0v) is 27.3. The number of hydrogen-bond donors (Lipinski definition) is 0. The highest BCUT2D eigenvalue weighted by Gasteiger charge is 2.46. The summed E-state index contributed by atoms with van der Waals surface area (Å²) in [7, 11) is 0. The third kappa shape index (κ3) is 6.57. The van der Waals surface area contributed by atoms with E-state index in [1.165, 1.54) is 23.2 Å². The summed E-state index contributed by atoms with van der Waals surface area (Å²) in [5.74, 6) is -6.45. The Kier molecular flexibility index (Phi) is 9.34. The van der Waals surface area contributed by atoms with Gasteiger partial charge in [-0.2, -0.15) is 9.97 Å². The number of ether oxygens (including phenoxy) is 1. The van der Waals surface area contributed by atoms with Gasteiger partial charge in [0.1, 0.15) is 35.5 Å². The molecule has 2 aromatic carbocycles. The standard InChI is InChI=1S/C34H31ClF5N7O2/c1-18(2)47-17-34(39,40)12-21(47)16-49-33-43-30-24(31(44-33)45-10-11-46(32(48)19(3)36)22(15-45)13-41-4)14-42-29(28(30)38)23-7-5-6-20-8-9-25(37)27(35)26(20)23/h5-9,14,18,21-22H,3,10-13,15-17H2,1-2H3/t21-,22-/m0/s1. The quantitative estimate of drug-likeness (QED) is 0.115. The molecule has 0 unspecified atom stereocenters. The van der Waals surface area contributed by atoms with Crippen LogP contribution in [0.3, 0.4) is 0 Å². The second kappa shape index (κ2) is 13.4. The fourth-order valence-electron chi connectivity index (χ4n) is 6.61. The molecule has 1 amide bonds. The van der Waals surface area contributed by atoms with Gasteiger partial charge in [0.05, 0.1) is 23.0 Å². The molecule has 4 aromatic rings. The van der Waals surface area contributed by atoms with Gasteiger partial charge in [-0.15, -0.1) is 0 Å². The second-order valence-corrected chi connectivity index (χ2v) is 12.8. The Morgan fingerprint density at radius 3 is 2.67 bits per heavy atom. The number of carbonyl (C=O) groups is 1. The van der Waals surface area contributed by atoms with Crippen LogP contribution in [0.5, 0.6) is 6.01 Å². The summed E-state index contributed by atoms with van der Waals surface area (Å²) in [5.41, 5.74) is -0.185. The minimum atomic E-state index is -2.92. The highest BCUT2D eigenvalue weighted by atomic mass is 35.5. The molecule has 4 heterocycles. The third-order valence-electron chi connectivity index (χ3n) is 8.90. The monoisotopic (exact) mass is 699 g/mol. The van der Waals surface area contributed by atoms with Crippen molar-refractivity contribution < 1.29 is 31.5 Å². The van der Waals surface area contributed by atoms with Crippen LogP contribution < -0.4 is 9.64 Å². The number of alkyl halides is 2. The van der Waals surface area contributed by atoms with Gasteiger partial charge in [-0.25, -0.2) is 28.5 Å². The minimum Gasteiger partial charge on any atom is -0.462 e. The van der Waals surface area contributed by atoms with Gasteiger partial charge < -0.3 is 19.4 Å². The number of nitrogens with zero attached hydrogens (tertiary/aromatic N) is 7. The Morgan fingerprint density at radius 2 is 1.96 bits per heavy atom. The van der Waals surface area contributed by atoms with Crippen LogP contribution in [0.15, 0.2) is 48.9 Å². The Balaban J connectivity index is 1.46. The third-order valence-corrected chi connectivity index (χ3v) is 9.27. The number of benzene rings is 2. The van der Waals surface area contributed by atoms with E-state index < -0.39 is 54.3 Å². The first-order chi connectivity index (χ1) is 23.3. The fraction of sp³-hybridized carbons (Fsp3) is 0.382. The molecule has 2 fully saturated rings. The van der Waals surface area contributed by atoms with Gasteiger partial charge in [0.15, 0.2) is 11.6 Å². The maximum atomic E-state index is 16.7. The Labute approximate surface area is 283 Å². The number of hydrogen-bond acceptors (Lipinski definition) is 7. The van der Waals surface area contributed by atoms with Gasteiger partial charge in [0.2, 0.25) is 6.54 Å². The van der Waals surface area contributed by atoms with Crippen LogP contribution in [-0.2, 0) is 4.79 Å². The Bertz CT molecular complexity index is 2010. The van der Waals surface area contributed by atoms with E-state index in [1.54, 1.807) is 41.8 Å². The average Bonchev–Trinajstić information content (AvgIpc) is 3.39. The van der Waals surface area contributed by atoms with Crippen molar-refractivity contribution in [1.82, 2.24) is 24.8 Å². The number of piperazine rings is 1. The number of likely N-dealkylation sites (tertiary alicyclic amines) is 1. The normalized spacial score (nSPS) is 19.5. The van der Waals surface area contributed by atoms with Gasteiger partial charge in [-0.05, 0) is 25.3 Å². The van der Waals surface area contributed by atoms with Crippen LogP contribution in [0.25, 0.3) is 37.8 Å². The van der Waals surface area contributed by atoms with E-state index in [1.807, 2.05) is 0 Å². The molecule has 2 aromatic heterocycles. The van der Waals surface area contributed by atoms with Gasteiger partial charge in [-0.3, -0.25) is 14.7 Å². The molecule has 2 aliphatic heterocycles. The molecule has 49 heavy (non-hydrogen) atoms. The fourth-order valence-corrected chi connectivity index (χ4v) is 6.88. The van der Waals surface area contributed by atoms with Crippen molar-refractivity contribution in [3.8, 4) is 17.3 Å². The lowest BCUT2D eigenvalue weighted by atomic mass is 10.0. The Hall–Kier alpha value is -4.61. The second-order valence-electron chi connectivity index (χ2n) is 12.4. The molecule has 2 saturated heterocycles. The summed E-state index contributed by atoms with van der Waals surface area (Å²) in [5, 5.41) is 0.737. The molecule has 0 bridgehead atoms. The highest BCUT2D eigenvalue weighted by Crippen LogP contribution is 2.39. The molecular weight excluding hydrogens is 669 g/mol. The summed E-state index contributed by atoms with van der Waals surface area (Å²) in [4.78, 5) is 33.8. The average molecular weight is 700 g/mol. The zero-order chi connectivity index (χ0) is 35.2. The van der Waals surface area contributed by atoms with Crippen LogP contribution in [0.4, 0.5) is 27.8 Å². The topological polar surface area (TPSA) is 79.1 Å². The van der Waals surface area contributed by atoms with Crippen LogP contribution >= 0.6 is 11.6 Å². The van der Waals surface area contributed by atoms with Crippen LogP contribution in [0.2, 0.25) is 5.02 Å². The predicted octanol–water partition coefficient (Wildman–Crippen LogP) is 6.69. The number of carbonyl (C=O) groups excluding carboxylic acids is 1. The number of halogens is 6.